The first-order valence-corrected chi connectivity index (χ1v) is 5.47. The van der Waals surface area contributed by atoms with E-state index >= 15 is 0 Å². The van der Waals surface area contributed by atoms with E-state index in [2.05, 4.69) is 0 Å². The van der Waals surface area contributed by atoms with Gasteiger partial charge in [0.2, 0.25) is 0 Å². The van der Waals surface area contributed by atoms with E-state index in [1.807, 2.05) is 6.92 Å². The molecule has 0 amide bonds. The maximum Gasteiger partial charge on any atom is 0.302 e. The van der Waals surface area contributed by atoms with Gasteiger partial charge in [0.1, 0.15) is 6.10 Å². The summed E-state index contributed by atoms with van der Waals surface area (Å²) in [7, 11) is 0. The largest absolute Gasteiger partial charge is 0.460 e. The number of aliphatic hydroxyl groups excluding tert-OH is 1. The molecule has 6 heteroatoms. The van der Waals surface area contributed by atoms with Crippen LogP contribution in [0.25, 0.3) is 0 Å². The Balaban J connectivity index is 0. The maximum absolute atomic E-state index is 10.6. The van der Waals surface area contributed by atoms with Gasteiger partial charge in [0, 0.05) is 6.92 Å². The Morgan fingerprint density at radius 2 is 1.53 bits per heavy atom. The second-order valence-corrected chi connectivity index (χ2v) is 3.89. The quantitative estimate of drug-likeness (QED) is 0.609. The number of carbonyl (C=O) groups is 1. The molecule has 0 rings (SSSR count). The predicted molar refractivity (Wildman–Crippen MR) is 62.8 cm³/mol. The molecule has 0 aliphatic rings. The van der Waals surface area contributed by atoms with Gasteiger partial charge < -0.3 is 24.8 Å². The first-order valence-electron chi connectivity index (χ1n) is 5.47. The van der Waals surface area contributed by atoms with Crippen LogP contribution >= 0.6 is 0 Å². The summed E-state index contributed by atoms with van der Waals surface area (Å²) in [5, 5.41) is 8.74. The normalized spacial score (nSPS) is 15.6. The summed E-state index contributed by atoms with van der Waals surface area (Å²) >= 11 is 0. The number of rotatable bonds is 8. The summed E-state index contributed by atoms with van der Waals surface area (Å²) < 4.78 is 15.6. The van der Waals surface area contributed by atoms with Crippen LogP contribution in [-0.2, 0) is 19.0 Å². The Kier molecular flexibility index (Phi) is 11.5. The van der Waals surface area contributed by atoms with Crippen LogP contribution in [0.5, 0.6) is 0 Å². The van der Waals surface area contributed by atoms with Crippen molar-refractivity contribution in [3.05, 3.63) is 0 Å². The summed E-state index contributed by atoms with van der Waals surface area (Å²) in [6.07, 6.45) is -0.529. The number of carbonyl (C=O) groups excluding carboxylic acids is 1. The Morgan fingerprint density at radius 1 is 1.06 bits per heavy atom. The molecule has 104 valence electrons. The molecule has 3 unspecified atom stereocenters. The first kappa shape index (κ1) is 18.7. The van der Waals surface area contributed by atoms with Gasteiger partial charge in [-0.15, -0.1) is 0 Å². The zero-order valence-electron chi connectivity index (χ0n) is 10.9. The average Bonchev–Trinajstić information content (AvgIpc) is 2.22. The van der Waals surface area contributed by atoms with Crippen LogP contribution in [0.15, 0.2) is 0 Å². The van der Waals surface area contributed by atoms with E-state index in [4.69, 9.17) is 19.3 Å². The van der Waals surface area contributed by atoms with E-state index in [-0.39, 0.29) is 36.4 Å². The van der Waals surface area contributed by atoms with Crippen molar-refractivity contribution in [2.24, 2.45) is 0 Å². The lowest BCUT2D eigenvalue weighted by Gasteiger charge is -2.18. The van der Waals surface area contributed by atoms with Crippen molar-refractivity contribution in [2.45, 2.75) is 46.0 Å². The van der Waals surface area contributed by atoms with Crippen LogP contribution in [0.3, 0.4) is 0 Å². The standard InChI is InChI=1S/C11H22O5.H2O/c1-8(5-12)14-6-9(2)15-7-10(3)16-11(4)13;/h8-10,12H,5-7H2,1-4H3;1H2. The molecule has 0 heterocycles. The van der Waals surface area contributed by atoms with Gasteiger partial charge in [0.15, 0.2) is 0 Å². The highest BCUT2D eigenvalue weighted by atomic mass is 16.6. The zero-order chi connectivity index (χ0) is 12.6. The van der Waals surface area contributed by atoms with Crippen molar-refractivity contribution < 1.29 is 29.6 Å². The molecular formula is C11H24O6. The van der Waals surface area contributed by atoms with Crippen LogP contribution in [-0.4, -0.2) is 54.7 Å². The lowest BCUT2D eigenvalue weighted by Crippen LogP contribution is -2.26. The van der Waals surface area contributed by atoms with E-state index in [9.17, 15) is 4.79 Å². The fourth-order valence-electron chi connectivity index (χ4n) is 1.02. The molecule has 6 nitrogen and oxygen atoms in total. The summed E-state index contributed by atoms with van der Waals surface area (Å²) in [5.41, 5.74) is 0. The predicted octanol–water partition coefficient (Wildman–Crippen LogP) is -0.0842. The highest BCUT2D eigenvalue weighted by molar-refractivity contribution is 5.66. The second kappa shape index (κ2) is 10.5. The van der Waals surface area contributed by atoms with Crippen LogP contribution in [0, 0.1) is 0 Å². The summed E-state index contributed by atoms with van der Waals surface area (Å²) in [5.74, 6) is -0.311. The van der Waals surface area contributed by atoms with Gasteiger partial charge in [-0.2, -0.15) is 0 Å². The Morgan fingerprint density at radius 3 is 2.00 bits per heavy atom. The van der Waals surface area contributed by atoms with Crippen molar-refractivity contribution in [1.29, 1.82) is 0 Å². The summed E-state index contributed by atoms with van der Waals surface area (Å²) in [6.45, 7) is 7.54. The van der Waals surface area contributed by atoms with Crippen LogP contribution < -0.4 is 0 Å². The molecule has 0 aliphatic heterocycles. The van der Waals surface area contributed by atoms with Gasteiger partial charge in [-0.1, -0.05) is 0 Å². The summed E-state index contributed by atoms with van der Waals surface area (Å²) in [4.78, 5) is 10.6. The van der Waals surface area contributed by atoms with Gasteiger partial charge in [0.25, 0.3) is 0 Å². The fraction of sp³-hybridized carbons (Fsp3) is 0.909. The monoisotopic (exact) mass is 252 g/mol. The third-order valence-corrected chi connectivity index (χ3v) is 1.86. The number of hydrogen-bond donors (Lipinski definition) is 1. The Labute approximate surface area is 102 Å². The SMILES string of the molecule is CC(=O)OC(C)COC(C)COC(C)CO.O. The van der Waals surface area contributed by atoms with Gasteiger partial charge in [-0.05, 0) is 20.8 Å². The Hall–Kier alpha value is -0.690. The molecule has 0 radical (unpaired) electrons. The molecular weight excluding hydrogens is 228 g/mol. The fourth-order valence-corrected chi connectivity index (χ4v) is 1.02. The summed E-state index contributed by atoms with van der Waals surface area (Å²) in [6, 6.07) is 0. The van der Waals surface area contributed by atoms with Crippen molar-refractivity contribution >= 4 is 5.97 Å². The number of ether oxygens (including phenoxy) is 3. The van der Waals surface area contributed by atoms with Gasteiger partial charge in [-0.25, -0.2) is 0 Å². The minimum Gasteiger partial charge on any atom is -0.460 e. The smallest absolute Gasteiger partial charge is 0.302 e. The molecule has 0 aromatic heterocycles. The third-order valence-electron chi connectivity index (χ3n) is 1.86. The Bertz CT molecular complexity index is 196. The van der Waals surface area contributed by atoms with Crippen molar-refractivity contribution in [1.82, 2.24) is 0 Å². The van der Waals surface area contributed by atoms with E-state index in [0.29, 0.717) is 13.2 Å². The molecule has 0 aromatic rings. The van der Waals surface area contributed by atoms with E-state index < -0.39 is 0 Å². The third kappa shape index (κ3) is 11.6. The van der Waals surface area contributed by atoms with Crippen LogP contribution in [0.4, 0.5) is 0 Å². The van der Waals surface area contributed by atoms with Crippen LogP contribution in [0.2, 0.25) is 0 Å². The van der Waals surface area contributed by atoms with E-state index in [1.54, 1.807) is 13.8 Å². The molecule has 0 aliphatic carbocycles. The highest BCUT2D eigenvalue weighted by Gasteiger charge is 2.10. The van der Waals surface area contributed by atoms with Crippen molar-refractivity contribution in [3.63, 3.8) is 0 Å². The average molecular weight is 252 g/mol. The molecule has 0 saturated heterocycles. The highest BCUT2D eigenvalue weighted by Crippen LogP contribution is 1.99. The zero-order valence-corrected chi connectivity index (χ0v) is 10.9. The maximum atomic E-state index is 10.6. The topological polar surface area (TPSA) is 96.5 Å². The molecule has 0 fully saturated rings. The molecule has 0 bridgehead atoms. The van der Waals surface area contributed by atoms with E-state index in [0.717, 1.165) is 0 Å². The van der Waals surface area contributed by atoms with Gasteiger partial charge in [0.05, 0.1) is 32.0 Å². The number of aliphatic hydroxyl groups is 1. The minimum atomic E-state index is -0.311. The molecule has 3 N–H and O–H groups in total. The second-order valence-electron chi connectivity index (χ2n) is 3.89. The van der Waals surface area contributed by atoms with Crippen molar-refractivity contribution in [3.8, 4) is 0 Å². The van der Waals surface area contributed by atoms with E-state index in [1.165, 1.54) is 6.92 Å². The van der Waals surface area contributed by atoms with Gasteiger partial charge in [-0.3, -0.25) is 4.79 Å². The molecule has 3 atom stereocenters. The minimum absolute atomic E-state index is 0. The first-order chi connectivity index (χ1) is 7.45. The lowest BCUT2D eigenvalue weighted by molar-refractivity contribution is -0.150. The number of hydrogen-bond acceptors (Lipinski definition) is 5. The lowest BCUT2D eigenvalue weighted by atomic mass is 10.4. The molecule has 17 heavy (non-hydrogen) atoms. The van der Waals surface area contributed by atoms with Gasteiger partial charge >= 0.3 is 5.97 Å². The van der Waals surface area contributed by atoms with Crippen molar-refractivity contribution in [2.75, 3.05) is 19.8 Å². The van der Waals surface area contributed by atoms with Crippen LogP contribution in [0.1, 0.15) is 27.7 Å². The molecule has 0 saturated carbocycles. The molecule has 0 spiro atoms. The molecule has 0 aromatic carbocycles. The number of esters is 1.